The molecule has 7 heterocycles. The molecule has 0 aliphatic carbocycles. The zero-order valence-electron chi connectivity index (χ0n) is 74.5. The van der Waals surface area contributed by atoms with Gasteiger partial charge < -0.3 is 126 Å². The summed E-state index contributed by atoms with van der Waals surface area (Å²) in [5.74, 6) is -16.4. The average Bonchev–Trinajstić information content (AvgIpc) is 1.63. The second-order valence-corrected chi connectivity index (χ2v) is 34.9. The van der Waals surface area contributed by atoms with E-state index in [0.717, 1.165) is 26.5 Å². The molecular weight excluding hydrogens is 1730 g/mol. The number of morpholine rings is 1. The number of fused-ring (bicyclic) bond motifs is 6. The maximum atomic E-state index is 15.7. The van der Waals surface area contributed by atoms with E-state index in [9.17, 15) is 58.5 Å². The minimum Gasteiger partial charge on any atom is -0.508 e. The lowest BCUT2D eigenvalue weighted by Gasteiger charge is -2.37. The van der Waals surface area contributed by atoms with Gasteiger partial charge in [-0.1, -0.05) is 102 Å². The molecule has 3 aromatic carbocycles. The summed E-state index contributed by atoms with van der Waals surface area (Å²) in [6.07, 6.45) is 2.04. The summed E-state index contributed by atoms with van der Waals surface area (Å²) in [7, 11) is 1.39. The number of phenolic OH excluding ortho intramolecular Hbond substituents is 1. The van der Waals surface area contributed by atoms with Gasteiger partial charge in [0.25, 0.3) is 0 Å². The lowest BCUT2D eigenvalue weighted by molar-refractivity contribution is -0.152. The summed E-state index contributed by atoms with van der Waals surface area (Å²) in [5.41, 5.74) is 26.3. The number of primary amides is 2. The van der Waals surface area contributed by atoms with Gasteiger partial charge >= 0.3 is 0 Å². The van der Waals surface area contributed by atoms with Gasteiger partial charge in [0, 0.05) is 98.9 Å². The van der Waals surface area contributed by atoms with E-state index in [1.54, 1.807) is 62.6 Å². The minimum atomic E-state index is -1.82. The fraction of sp³-hybridized carbons (Fsp3) is 0.552. The predicted molar refractivity (Wildman–Crippen MR) is 479 cm³/mol. The summed E-state index contributed by atoms with van der Waals surface area (Å²) >= 11 is 0.788. The normalized spacial score (nSPS) is 25.4. The fourth-order valence-corrected chi connectivity index (χ4v) is 17.6. The Morgan fingerprint density at radius 2 is 1.14 bits per heavy atom. The van der Waals surface area contributed by atoms with Crippen LogP contribution < -0.4 is 76.1 Å². The zero-order valence-corrected chi connectivity index (χ0v) is 75.3. The van der Waals surface area contributed by atoms with Gasteiger partial charge in [-0.2, -0.15) is 0 Å². The van der Waals surface area contributed by atoms with Crippen LogP contribution in [-0.2, 0) is 101 Å². The number of benzene rings is 3. The number of aromatic nitrogens is 6. The lowest BCUT2D eigenvalue weighted by atomic mass is 10.0. The number of H-pyrrole nitrogens is 2. The first-order valence-corrected chi connectivity index (χ1v) is 45.7. The molecule has 6 aromatic rings. The number of tetrazole rings is 1. The van der Waals surface area contributed by atoms with E-state index in [1.165, 1.54) is 40.9 Å². The Hall–Kier alpha value is -12.7. The Kier molecular flexibility index (Phi) is 37.2. The summed E-state index contributed by atoms with van der Waals surface area (Å²) < 4.78 is 6.94. The molecule has 716 valence electrons. The second-order valence-electron chi connectivity index (χ2n) is 33.9. The van der Waals surface area contributed by atoms with Crippen molar-refractivity contribution in [3.05, 3.63) is 108 Å². The van der Waals surface area contributed by atoms with Crippen molar-refractivity contribution < 1.29 is 96.8 Å². The highest BCUT2D eigenvalue weighted by Gasteiger charge is 2.47. The van der Waals surface area contributed by atoms with E-state index in [2.05, 4.69) is 78.7 Å². The largest absolute Gasteiger partial charge is 0.508 e. The molecule has 10 rings (SSSR count). The summed E-state index contributed by atoms with van der Waals surface area (Å²) in [4.78, 5) is 245. The van der Waals surface area contributed by atoms with Crippen molar-refractivity contribution in [1.29, 1.82) is 0 Å². The van der Waals surface area contributed by atoms with E-state index in [-0.39, 0.29) is 114 Å². The van der Waals surface area contributed by atoms with Crippen molar-refractivity contribution in [2.24, 2.45) is 28.9 Å². The summed E-state index contributed by atoms with van der Waals surface area (Å²) in [5, 5.41) is 73.8. The van der Waals surface area contributed by atoms with E-state index < -0.39 is 236 Å². The van der Waals surface area contributed by atoms with Crippen LogP contribution in [0.5, 0.6) is 5.75 Å². The maximum absolute atomic E-state index is 15.7. The van der Waals surface area contributed by atoms with Gasteiger partial charge in [0.05, 0.1) is 50.7 Å². The van der Waals surface area contributed by atoms with Crippen LogP contribution in [0.4, 0.5) is 0 Å². The predicted octanol–water partition coefficient (Wildman–Crippen LogP) is -4.01. The number of phenols is 1. The summed E-state index contributed by atoms with van der Waals surface area (Å²) in [6, 6.07) is -1.39. The van der Waals surface area contributed by atoms with Crippen LogP contribution in [0.25, 0.3) is 21.8 Å². The zero-order chi connectivity index (χ0) is 95.6. The second kappa shape index (κ2) is 48.4. The number of nitrogens with two attached hydrogens (primary N) is 4. The van der Waals surface area contributed by atoms with Gasteiger partial charge in [-0.15, -0.1) is 16.9 Å². The molecule has 132 heavy (non-hydrogen) atoms. The lowest BCUT2D eigenvalue weighted by Crippen LogP contribution is -2.63. The SMILES string of the molecule is CCCC[C@H]1C(=O)N[C@@H](CCCN)C(=O)NC(C(=O)NCC(N)=O)CSCC(=O)N[C@@H](Cc2ccc(O)cc2)C(=O)N2CCOC[C@H]2C(=O)N[C@@H](CC(N)=O)C(=O)N2CCC[C@H]2C(=O)N[C@@H](CN)C(=O)N[C@@H](CC(C)C)C(=O)N2C[C@H](O)C[C@H]2C(=O)N[C@@H](Cc2c[nH]c3ccccc23)C(=O)N[C@@H](CO)C(=O)N[C@@H](Cc2c[nH]c3ccccc23)c2nnnn2[C@@H](CCCC)C(=O)N1C. The number of likely N-dealkylation sites (N-methyl/N-ethyl adjacent to an activating group) is 1. The molecule has 4 aliphatic rings. The number of aromatic hydroxyl groups is 1. The smallest absolute Gasteiger partial charge is 0.248 e. The molecule has 44 nitrogen and oxygen atoms in total. The molecule has 4 aliphatic heterocycles. The van der Waals surface area contributed by atoms with Crippen LogP contribution in [0.1, 0.15) is 146 Å². The number of ether oxygens (including phenoxy) is 1. The van der Waals surface area contributed by atoms with Crippen LogP contribution in [-0.4, -0.2) is 316 Å². The number of aliphatic hydroxyl groups is 2. The van der Waals surface area contributed by atoms with Crippen LogP contribution in [0, 0.1) is 5.92 Å². The minimum absolute atomic E-state index is 0.00928. The monoisotopic (exact) mass is 1850 g/mol. The van der Waals surface area contributed by atoms with Crippen molar-refractivity contribution in [3.8, 4) is 5.75 Å². The van der Waals surface area contributed by atoms with Crippen molar-refractivity contribution in [2.45, 2.75) is 221 Å². The summed E-state index contributed by atoms with van der Waals surface area (Å²) in [6.45, 7) is 3.42. The van der Waals surface area contributed by atoms with E-state index >= 15 is 33.6 Å². The average molecular weight is 1860 g/mol. The number of para-hydroxylation sites is 2. The third kappa shape index (κ3) is 26.8. The number of nitrogens with zero attached hydrogens (tertiary/aromatic N) is 8. The molecule has 3 saturated heterocycles. The molecular formula is C87H122N24O20S. The van der Waals surface area contributed by atoms with E-state index in [1.807, 2.05) is 26.0 Å². The van der Waals surface area contributed by atoms with Gasteiger partial charge in [-0.3, -0.25) is 76.7 Å². The van der Waals surface area contributed by atoms with Gasteiger partial charge in [0.15, 0.2) is 5.82 Å². The van der Waals surface area contributed by atoms with Crippen LogP contribution in [0.3, 0.4) is 0 Å². The highest BCUT2D eigenvalue weighted by Crippen LogP contribution is 2.31. The third-order valence-electron chi connectivity index (χ3n) is 23.7. The molecule has 0 bridgehead atoms. The molecule has 3 aromatic heterocycles. The molecule has 1 unspecified atom stereocenters. The first kappa shape index (κ1) is 101. The molecule has 3 fully saturated rings. The third-order valence-corrected chi connectivity index (χ3v) is 24.7. The Morgan fingerprint density at radius 3 is 1.78 bits per heavy atom. The number of unbranched alkanes of at least 4 members (excludes halogenated alkanes) is 2. The van der Waals surface area contributed by atoms with Crippen molar-refractivity contribution >= 4 is 128 Å². The van der Waals surface area contributed by atoms with Crippen molar-refractivity contribution in [1.82, 2.24) is 103 Å². The highest BCUT2D eigenvalue weighted by atomic mass is 32.2. The number of carbonyl (C=O) groups is 16. The Morgan fingerprint density at radius 1 is 0.583 bits per heavy atom. The molecule has 0 spiro atoms. The molecule has 0 saturated carbocycles. The maximum Gasteiger partial charge on any atom is 0.248 e. The topological polar surface area (TPSA) is 656 Å². The number of carbonyl (C=O) groups excluding carboxylic acids is 16. The number of aliphatic hydroxyl groups excluding tert-OH is 2. The number of hydrogen-bond donors (Lipinski definition) is 19. The first-order chi connectivity index (χ1) is 63.2. The number of rotatable bonds is 24. The molecule has 23 N–H and O–H groups in total. The van der Waals surface area contributed by atoms with E-state index in [0.29, 0.717) is 64.2 Å². The van der Waals surface area contributed by atoms with E-state index in [4.69, 9.17) is 27.7 Å². The molecule has 0 radical (unpaired) electrons. The number of hydrogen-bond acceptors (Lipinski definition) is 26. The van der Waals surface area contributed by atoms with Crippen LogP contribution >= 0.6 is 11.8 Å². The quantitative estimate of drug-likeness (QED) is 0.0275. The van der Waals surface area contributed by atoms with Gasteiger partial charge in [0.2, 0.25) is 94.5 Å². The first-order valence-electron chi connectivity index (χ1n) is 44.5. The highest BCUT2D eigenvalue weighted by molar-refractivity contribution is 8.00. The molecule has 45 heteroatoms. The Bertz CT molecular complexity index is 5090. The van der Waals surface area contributed by atoms with Gasteiger partial charge in [0.1, 0.15) is 84.3 Å². The Balaban J connectivity index is 1.02. The van der Waals surface area contributed by atoms with Crippen molar-refractivity contribution in [3.63, 3.8) is 0 Å². The molecule has 16 amide bonds. The van der Waals surface area contributed by atoms with Crippen LogP contribution in [0.15, 0.2) is 85.2 Å². The number of nitrogens with one attached hydrogen (secondary N) is 12. The fourth-order valence-electron chi connectivity index (χ4n) is 16.8. The van der Waals surface area contributed by atoms with Gasteiger partial charge in [-0.25, -0.2) is 4.68 Å². The number of thioether (sulfide) groups is 1. The van der Waals surface area contributed by atoms with Crippen LogP contribution in [0.2, 0.25) is 0 Å². The Labute approximate surface area is 765 Å². The molecule has 15 atom stereocenters. The standard InChI is InChI=1S/C87H122N24O20S/c1-6-8-21-66-80(123)96-57(20-14-28-88)76(119)103-65(75(118)94-41-72(91)116)45-132-46-73(117)95-61(33-48-24-26-51(113)27-25-48)84(127)109-30-31-131-44-70(109)83(126)100-62(37-71(90)115)85(128)108-29-15-23-67(108)81(124)101-63(38-89)78(121)99-60(32-47(3)4)86(129)110-42-52(114)36-69(110)82(125)98-59(35-50-40-93-56-19-13-11-17-54(50)56)77(120)102-64(43-112)79(122)97-58(34-49-39-92-55-18-12-10-16-53(49)55)74-104-105-106-111(74)68(22-9-7-2)87(130)107(66)5/h10-13,16-19,24-27,39-40,47,52,57-70,92-93,112-114H,6-9,14-15,20-23,28-38,41-46,88-89H2,1-5H3,(H2,90,115)(H2,91,116)(H,94,118)(H,95,117)(H,96,123)(H,97,122)(H,98,125)(H,99,121)(H,100,126)(H,101,124)(H,102,120)(H,103,119)/t52-,57+,58+,59+,60+,61+,62+,63+,64+,65?,66+,67+,68+,69+,70+/m1/s1. The number of amides is 16. The van der Waals surface area contributed by atoms with Gasteiger partial charge in [-0.05, 0) is 109 Å². The van der Waals surface area contributed by atoms with Crippen molar-refractivity contribution in [2.75, 3.05) is 77.6 Å². The number of aromatic amines is 2.